The Bertz CT molecular complexity index is 2350. The van der Waals surface area contributed by atoms with E-state index in [1.165, 1.54) is 180 Å². The van der Waals surface area contributed by atoms with Crippen molar-refractivity contribution >= 4 is 27.3 Å². The van der Waals surface area contributed by atoms with E-state index in [-0.39, 0.29) is 52.0 Å². The molecule has 5 aromatic rings. The van der Waals surface area contributed by atoms with Crippen molar-refractivity contribution in [3.63, 3.8) is 0 Å². The minimum absolute atomic E-state index is 0. The van der Waals surface area contributed by atoms with Gasteiger partial charge >= 0.3 is 0 Å². The summed E-state index contributed by atoms with van der Waals surface area (Å²) in [4.78, 5) is 14.5. The Morgan fingerprint density at radius 2 is 0.935 bits per heavy atom. The van der Waals surface area contributed by atoms with Gasteiger partial charge in [-0.05, 0) is 245 Å². The molecule has 0 radical (unpaired) electrons. The molecule has 9 nitrogen and oxygen atoms in total. The van der Waals surface area contributed by atoms with Crippen LogP contribution in [0.5, 0.6) is 0 Å². The fourth-order valence-electron chi connectivity index (χ4n) is 12.1. The molecule has 7 aliphatic rings. The number of hydrogen-bond donors (Lipinski definition) is 0. The maximum Gasteiger partial charge on any atom is 0.0479 e. The van der Waals surface area contributed by atoms with Crippen LogP contribution in [-0.4, -0.2) is 166 Å². The number of aryl methyl sites for hydroxylation is 6. The van der Waals surface area contributed by atoms with E-state index in [1.807, 2.05) is 31.7 Å². The fraction of sp³-hybridized carbons (Fsp3) is 0.723. The van der Waals surface area contributed by atoms with Crippen LogP contribution in [0.4, 0.5) is 0 Å². The summed E-state index contributed by atoms with van der Waals surface area (Å²) >= 11 is 0. The number of likely N-dealkylation sites (tertiary alicyclic amines) is 4. The molecule has 548 valence electrons. The number of aromatic nitrogens is 3. The lowest BCUT2D eigenvalue weighted by Gasteiger charge is -2.31. The molecule has 10 heteroatoms. The smallest absolute Gasteiger partial charge is 0.0479 e. The molecule has 1 saturated carbocycles. The minimum Gasteiger partial charge on any atom is -0.357 e. The van der Waals surface area contributed by atoms with Gasteiger partial charge in [0.2, 0.25) is 0 Å². The van der Waals surface area contributed by atoms with Crippen molar-refractivity contribution in [3.05, 3.63) is 119 Å². The van der Waals surface area contributed by atoms with Crippen LogP contribution in [0.15, 0.2) is 91.4 Å². The number of fused-ring (bicyclic) bond motifs is 2. The van der Waals surface area contributed by atoms with Gasteiger partial charge in [0.25, 0.3) is 0 Å². The van der Waals surface area contributed by atoms with Gasteiger partial charge in [-0.3, -0.25) is 9.80 Å². The largest absolute Gasteiger partial charge is 0.357 e. The first kappa shape index (κ1) is 101. The highest BCUT2D eigenvalue weighted by Crippen LogP contribution is 2.25. The second-order valence-electron chi connectivity index (χ2n) is 26.7. The van der Waals surface area contributed by atoms with E-state index in [4.69, 9.17) is 0 Å². The Kier molecular flexibility index (Phi) is 62.3. The maximum atomic E-state index is 4.02. The van der Waals surface area contributed by atoms with Crippen molar-refractivity contribution in [2.24, 2.45) is 33.0 Å². The van der Waals surface area contributed by atoms with Crippen LogP contribution in [0.1, 0.15) is 246 Å². The molecule has 5 saturated heterocycles. The van der Waals surface area contributed by atoms with Gasteiger partial charge in [-0.25, -0.2) is 0 Å². The number of rotatable bonds is 2. The molecule has 2 aromatic carbocycles. The molecule has 3 aromatic heterocycles. The van der Waals surface area contributed by atoms with Gasteiger partial charge < -0.3 is 33.3 Å². The lowest BCUT2D eigenvalue weighted by atomic mass is 9.96. The van der Waals surface area contributed by atoms with E-state index in [9.17, 15) is 0 Å². The normalized spacial score (nSPS) is 22.3. The zero-order valence-electron chi connectivity index (χ0n) is 60.0. The average Bonchev–Trinajstić information content (AvgIpc) is 1.80. The predicted octanol–water partition coefficient (Wildman–Crippen LogP) is 21.8. The van der Waals surface area contributed by atoms with Crippen LogP contribution in [0.3, 0.4) is 0 Å². The summed E-state index contributed by atoms with van der Waals surface area (Å²) < 4.78 is 6.44. The van der Waals surface area contributed by atoms with Crippen LogP contribution in [0.2, 0.25) is 0 Å². The summed E-state index contributed by atoms with van der Waals surface area (Å²) in [6, 6.07) is 29.8. The monoisotopic (exact) mass is 1320 g/mol. The quantitative estimate of drug-likeness (QED) is 0.164. The van der Waals surface area contributed by atoms with Gasteiger partial charge in [0.1, 0.15) is 0 Å². The van der Waals surface area contributed by atoms with Crippen LogP contribution in [0.25, 0.3) is 10.9 Å². The Balaban J connectivity index is -0.000000225. The van der Waals surface area contributed by atoms with Crippen LogP contribution >= 0.6 is 10.5 Å². The lowest BCUT2D eigenvalue weighted by molar-refractivity contribution is 0.200. The number of hydrogen-bond acceptors (Lipinski definition) is 6. The fourth-order valence-corrected chi connectivity index (χ4v) is 13.9. The second-order valence-corrected chi connectivity index (χ2v) is 28.5. The minimum atomic E-state index is 0. The summed E-state index contributed by atoms with van der Waals surface area (Å²) in [7, 11) is 19.8. The van der Waals surface area contributed by atoms with Gasteiger partial charge in [-0.1, -0.05) is 180 Å². The van der Waals surface area contributed by atoms with E-state index < -0.39 is 0 Å². The third-order valence-corrected chi connectivity index (χ3v) is 20.6. The predicted molar refractivity (Wildman–Crippen MR) is 435 cm³/mol. The van der Waals surface area contributed by atoms with Crippen molar-refractivity contribution in [1.82, 2.24) is 43.1 Å². The van der Waals surface area contributed by atoms with Gasteiger partial charge in [0.15, 0.2) is 0 Å². The first-order chi connectivity index (χ1) is 41.0. The average molecular weight is 1320 g/mol. The summed E-state index contributed by atoms with van der Waals surface area (Å²) in [5, 5.41) is 1.34. The van der Waals surface area contributed by atoms with Crippen molar-refractivity contribution in [1.29, 1.82) is 0 Å². The molecule has 7 atom stereocenters. The first-order valence-electron chi connectivity index (χ1n) is 34.5. The van der Waals surface area contributed by atoms with Crippen LogP contribution in [-0.2, 0) is 47.0 Å². The Hall–Kier alpha value is -3.48. The van der Waals surface area contributed by atoms with Crippen LogP contribution < -0.4 is 0 Å². The van der Waals surface area contributed by atoms with Crippen molar-refractivity contribution in [2.45, 2.75) is 281 Å². The maximum absolute atomic E-state index is 4.02. The van der Waals surface area contributed by atoms with Gasteiger partial charge in [0.05, 0.1) is 0 Å². The zero-order valence-corrected chi connectivity index (χ0v) is 60.8. The zero-order chi connectivity index (χ0) is 64.1. The number of piperidine rings is 3. The Morgan fingerprint density at radius 3 is 1.25 bits per heavy atom. The molecule has 0 amide bonds. The number of para-hydroxylation sites is 1. The van der Waals surface area contributed by atoms with Gasteiger partial charge in [-0.2, -0.15) is 10.5 Å². The first-order valence-corrected chi connectivity index (χ1v) is 36.2. The molecular weight excluding hydrogens is 1160 g/mol. The SMILES string of the molecule is C.C.C.C.C.C.C.C=S1CC(C)N(C)C1.CC.CC1CCCC1.CC1CCCCN1C.CC1CCCCN1C.CC1CCCN(C)C1.CC1CCCN1C.CC1Cc2ccccc2CN1C.CCc1cc2ccccc2n1C.CCc1cccn1C.Cc1ccn(C)c1. The molecule has 0 N–H and O–H groups in total. The number of nitrogens with zero attached hydrogens (tertiary/aromatic N) is 9. The van der Waals surface area contributed by atoms with Crippen molar-refractivity contribution in [2.75, 3.05) is 86.6 Å². The molecular formula is C83H165N9S. The Labute approximate surface area is 587 Å². The van der Waals surface area contributed by atoms with Crippen LogP contribution in [0, 0.1) is 18.8 Å². The Morgan fingerprint density at radius 1 is 0.462 bits per heavy atom. The molecule has 6 fully saturated rings. The lowest BCUT2D eigenvalue weighted by Crippen LogP contribution is -2.34. The molecule has 9 heterocycles. The third kappa shape index (κ3) is 41.4. The molecule has 7 unspecified atom stereocenters. The van der Waals surface area contributed by atoms with Gasteiger partial charge in [-0.15, -0.1) is 0 Å². The number of likely N-dealkylation sites (N-methyl/N-ethyl adjacent to an activating group) is 1. The molecule has 6 aliphatic heterocycles. The molecule has 0 bridgehead atoms. The standard InChI is InChI=1S/C11H15N.C11H13N.3C7H15N.C7H11N.C6H13NS.C6H9N.C6H13N.C6H12.C2H6.7CH4/c1-9-7-10-5-3-4-6-11(10)8-12(9)2;1-3-10-8-9-6-4-5-7-11(9)12(10)2;1-7-4-3-5-8(2)6-7;2*1-7-5-3-4-6-8(7)2;1-3-7-5-4-6-8(7)2;1-6-4-8(3)5-7(6)2;1-6-3-4-7(2)5-6;1-6-4-3-5-7(6)2;1-6-4-2-3-5-6;1-2;;;;;;;/h3-6,9H,7-8H2,1-2H3;4-8H,3H2,1-2H3;3*7H,3-6H2,1-2H3;4-6H,3H2,1-2H3;6H,3-5H2,1-2H3;3-5H,1-2H3;6H,3-5H2,1-2H3;6H,2-5H2,1H3;1-2H3;7*1H4. The summed E-state index contributed by atoms with van der Waals surface area (Å²) in [5.41, 5.74) is 8.47. The van der Waals surface area contributed by atoms with E-state index in [0.29, 0.717) is 16.5 Å². The van der Waals surface area contributed by atoms with Gasteiger partial charge in [0, 0.05) is 112 Å². The van der Waals surface area contributed by atoms with E-state index >= 15 is 0 Å². The van der Waals surface area contributed by atoms with Crippen molar-refractivity contribution < 1.29 is 0 Å². The van der Waals surface area contributed by atoms with E-state index in [0.717, 1.165) is 55.4 Å². The number of benzene rings is 2. The van der Waals surface area contributed by atoms with Crippen molar-refractivity contribution in [3.8, 4) is 0 Å². The highest BCUT2D eigenvalue weighted by Gasteiger charge is 2.20. The summed E-state index contributed by atoms with van der Waals surface area (Å²) in [6.07, 6.45) is 29.7. The summed E-state index contributed by atoms with van der Waals surface area (Å²) in [5.74, 6) is 8.52. The third-order valence-electron chi connectivity index (χ3n) is 18.9. The molecule has 93 heavy (non-hydrogen) atoms. The topological polar surface area (TPSA) is 34.2 Å². The molecule has 1 aliphatic carbocycles. The summed E-state index contributed by atoms with van der Waals surface area (Å²) in [6.45, 7) is 34.2. The second kappa shape index (κ2) is 57.6. The molecule has 12 rings (SSSR count). The molecule has 0 spiro atoms. The highest BCUT2D eigenvalue weighted by molar-refractivity contribution is 8.14. The van der Waals surface area contributed by atoms with E-state index in [1.54, 1.807) is 0 Å². The highest BCUT2D eigenvalue weighted by atomic mass is 32.2. The van der Waals surface area contributed by atoms with E-state index in [2.05, 4.69) is 255 Å².